The van der Waals surface area contributed by atoms with Crippen molar-refractivity contribution in [3.8, 4) is 12.0 Å². The Labute approximate surface area is 130 Å². The first kappa shape index (κ1) is 21.4. The first-order valence-corrected chi connectivity index (χ1v) is 5.45. The van der Waals surface area contributed by atoms with Crippen molar-refractivity contribution in [1.29, 1.82) is 0 Å². The highest BCUT2D eigenvalue weighted by atomic mass is 35.5. The standard InChI is InChI=1S/C10H17N4O3.2ClH.H3N/c1-14(4-6-17-7-5-14)8-11-9(15-2)13-10(12-8)16-3;;;/h4-7H2,1-3H3;2*1H;1H3/q+1;;;/p-1. The van der Waals surface area contributed by atoms with Crippen LogP contribution < -0.4 is 44.9 Å². The second-order valence-electron chi connectivity index (χ2n) is 4.06. The number of hydrogen-bond donors (Lipinski definition) is 1. The van der Waals surface area contributed by atoms with Crippen LogP contribution in [-0.2, 0) is 4.74 Å². The number of methoxy groups -OCH3 is 2. The van der Waals surface area contributed by atoms with Gasteiger partial charge in [-0.1, -0.05) is 0 Å². The molecule has 1 aliphatic heterocycles. The number of ether oxygens (including phenoxy) is 3. The smallest absolute Gasteiger partial charge is 0.338 e. The third-order valence-corrected chi connectivity index (χ3v) is 2.89. The monoisotopic (exact) mass is 329 g/mol. The van der Waals surface area contributed by atoms with Crippen LogP contribution in [0.3, 0.4) is 0 Å². The number of morpholine rings is 1. The van der Waals surface area contributed by atoms with Crippen LogP contribution in [0.4, 0.5) is 5.95 Å². The van der Waals surface area contributed by atoms with Gasteiger partial charge in [-0.25, -0.2) is 0 Å². The van der Waals surface area contributed by atoms with Gasteiger partial charge in [-0.05, 0) is 0 Å². The van der Waals surface area contributed by atoms with Gasteiger partial charge in [0.05, 0.1) is 34.5 Å². The lowest BCUT2D eigenvalue weighted by Gasteiger charge is -2.34. The van der Waals surface area contributed by atoms with E-state index in [1.165, 1.54) is 14.2 Å². The fourth-order valence-electron chi connectivity index (χ4n) is 1.70. The van der Waals surface area contributed by atoms with Gasteiger partial charge in [0.25, 0.3) is 0 Å². The molecule has 0 unspecified atom stereocenters. The van der Waals surface area contributed by atoms with Crippen LogP contribution >= 0.6 is 0 Å². The number of rotatable bonds is 3. The summed E-state index contributed by atoms with van der Waals surface area (Å²) in [6.07, 6.45) is 0. The molecule has 0 atom stereocenters. The SMILES string of the molecule is COc1nc(OC)nc([N+]2(C)CCOCC2)n1.[Cl-].[Cl-].[NH4+]. The van der Waals surface area contributed by atoms with Crippen LogP contribution in [0.1, 0.15) is 0 Å². The van der Waals surface area contributed by atoms with Gasteiger partial charge in [-0.15, -0.1) is 15.0 Å². The highest BCUT2D eigenvalue weighted by Crippen LogP contribution is 2.22. The Balaban J connectivity index is 0. The Morgan fingerprint density at radius 3 is 1.80 bits per heavy atom. The lowest BCUT2D eigenvalue weighted by atomic mass is 10.4. The highest BCUT2D eigenvalue weighted by Gasteiger charge is 2.32. The van der Waals surface area contributed by atoms with Gasteiger partial charge in [0.1, 0.15) is 13.1 Å². The molecule has 0 aliphatic carbocycles. The van der Waals surface area contributed by atoms with Crippen molar-refractivity contribution in [2.75, 3.05) is 47.6 Å². The summed E-state index contributed by atoms with van der Waals surface area (Å²) in [4.78, 5) is 12.6. The van der Waals surface area contributed by atoms with Crippen molar-refractivity contribution >= 4 is 5.95 Å². The van der Waals surface area contributed by atoms with E-state index in [1.54, 1.807) is 0 Å². The molecule has 0 saturated carbocycles. The molecule has 8 nitrogen and oxygen atoms in total. The van der Waals surface area contributed by atoms with Crippen molar-refractivity contribution in [2.24, 2.45) is 0 Å². The fraction of sp³-hybridized carbons (Fsp3) is 0.700. The second kappa shape index (κ2) is 9.09. The van der Waals surface area contributed by atoms with E-state index in [4.69, 9.17) is 14.2 Å². The molecule has 10 heteroatoms. The number of nitrogens with zero attached hydrogens (tertiary/aromatic N) is 4. The predicted molar refractivity (Wildman–Crippen MR) is 67.2 cm³/mol. The van der Waals surface area contributed by atoms with Gasteiger partial charge in [-0.2, -0.15) is 0 Å². The van der Waals surface area contributed by atoms with Gasteiger partial charge in [-0.3, -0.25) is 4.48 Å². The summed E-state index contributed by atoms with van der Waals surface area (Å²) in [5.74, 6) is 0.650. The number of quaternary nitrogens is 2. The molecule has 20 heavy (non-hydrogen) atoms. The first-order chi connectivity index (χ1) is 8.18. The number of likely N-dealkylation sites (N-methyl/N-ethyl adjacent to an activating group) is 1. The van der Waals surface area contributed by atoms with Gasteiger partial charge >= 0.3 is 18.0 Å². The Morgan fingerprint density at radius 1 is 0.950 bits per heavy atom. The van der Waals surface area contributed by atoms with Gasteiger partial charge in [0.15, 0.2) is 0 Å². The molecule has 0 amide bonds. The fourth-order valence-corrected chi connectivity index (χ4v) is 1.70. The summed E-state index contributed by atoms with van der Waals surface area (Å²) >= 11 is 0. The molecule has 1 aromatic heterocycles. The molecular formula is C10H21Cl2N5O3. The zero-order valence-electron chi connectivity index (χ0n) is 12.1. The van der Waals surface area contributed by atoms with E-state index in [9.17, 15) is 0 Å². The minimum atomic E-state index is 0. The number of aromatic nitrogens is 3. The minimum Gasteiger partial charge on any atom is -1.00 e. The molecule has 0 bridgehead atoms. The zero-order valence-corrected chi connectivity index (χ0v) is 13.6. The van der Waals surface area contributed by atoms with Crippen LogP contribution in [0.5, 0.6) is 12.0 Å². The molecule has 0 aromatic carbocycles. The van der Waals surface area contributed by atoms with Crippen molar-refractivity contribution in [1.82, 2.24) is 25.6 Å². The Morgan fingerprint density at radius 2 is 1.40 bits per heavy atom. The zero-order chi connectivity index (χ0) is 12.3. The average molecular weight is 330 g/mol. The lowest BCUT2D eigenvalue weighted by molar-refractivity contribution is -0.001000. The Kier molecular flexibility index (Phi) is 9.71. The molecule has 2 rings (SSSR count). The van der Waals surface area contributed by atoms with E-state index in [1.807, 2.05) is 0 Å². The summed E-state index contributed by atoms with van der Waals surface area (Å²) in [7, 11) is 5.12. The van der Waals surface area contributed by atoms with E-state index in [2.05, 4.69) is 22.0 Å². The van der Waals surface area contributed by atoms with Crippen molar-refractivity contribution in [3.05, 3.63) is 0 Å². The maximum absolute atomic E-state index is 5.35. The molecule has 1 aliphatic rings. The van der Waals surface area contributed by atoms with Crippen LogP contribution in [0.2, 0.25) is 0 Å². The highest BCUT2D eigenvalue weighted by molar-refractivity contribution is 5.27. The third-order valence-electron chi connectivity index (χ3n) is 2.89. The maximum Gasteiger partial charge on any atom is 0.338 e. The first-order valence-electron chi connectivity index (χ1n) is 5.45. The van der Waals surface area contributed by atoms with Crippen molar-refractivity contribution < 1.29 is 39.0 Å². The summed E-state index contributed by atoms with van der Waals surface area (Å²) in [5, 5.41) is 0. The summed E-state index contributed by atoms with van der Waals surface area (Å²) in [5.41, 5.74) is 0. The topological polar surface area (TPSA) is 103 Å². The van der Waals surface area contributed by atoms with E-state index in [-0.39, 0.29) is 43.0 Å². The Bertz CT molecular complexity index is 382. The van der Waals surface area contributed by atoms with Crippen LogP contribution in [0.15, 0.2) is 0 Å². The van der Waals surface area contributed by atoms with E-state index in [0.29, 0.717) is 23.6 Å². The van der Waals surface area contributed by atoms with Gasteiger partial charge < -0.3 is 45.2 Å². The van der Waals surface area contributed by atoms with E-state index < -0.39 is 0 Å². The molecule has 118 valence electrons. The molecule has 1 saturated heterocycles. The van der Waals surface area contributed by atoms with Crippen LogP contribution in [-0.4, -0.2) is 62.5 Å². The molecule has 0 radical (unpaired) electrons. The summed E-state index contributed by atoms with van der Waals surface area (Å²) in [6, 6.07) is 0.551. The summed E-state index contributed by atoms with van der Waals surface area (Å²) < 4.78 is 16.1. The molecule has 1 fully saturated rings. The second-order valence-corrected chi connectivity index (χ2v) is 4.06. The number of halogens is 2. The van der Waals surface area contributed by atoms with Crippen LogP contribution in [0, 0.1) is 0 Å². The minimum absolute atomic E-state index is 0. The number of hydrogen-bond acceptors (Lipinski definition) is 6. The van der Waals surface area contributed by atoms with E-state index in [0.717, 1.165) is 13.1 Å². The molecule has 1 aromatic rings. The summed E-state index contributed by atoms with van der Waals surface area (Å²) in [6.45, 7) is 3.06. The Hall–Kier alpha value is -0.930. The lowest BCUT2D eigenvalue weighted by Crippen LogP contribution is -3.00. The van der Waals surface area contributed by atoms with Gasteiger partial charge in [0.2, 0.25) is 0 Å². The van der Waals surface area contributed by atoms with Crippen LogP contribution in [0.25, 0.3) is 0 Å². The van der Waals surface area contributed by atoms with Crippen molar-refractivity contribution in [2.45, 2.75) is 0 Å². The third kappa shape index (κ3) is 4.57. The maximum atomic E-state index is 5.35. The molecule has 0 spiro atoms. The average Bonchev–Trinajstić information content (AvgIpc) is 2.39. The predicted octanol–water partition coefficient (Wildman–Crippen LogP) is -5.76. The molecule has 4 N–H and O–H groups in total. The normalized spacial score (nSPS) is 15.9. The van der Waals surface area contributed by atoms with Gasteiger partial charge in [0, 0.05) is 0 Å². The molecule has 2 heterocycles. The molecular weight excluding hydrogens is 309 g/mol. The van der Waals surface area contributed by atoms with Crippen molar-refractivity contribution in [3.63, 3.8) is 0 Å². The largest absolute Gasteiger partial charge is 1.00 e. The van der Waals surface area contributed by atoms with E-state index >= 15 is 0 Å². The quantitative estimate of drug-likeness (QED) is 0.554.